The Hall–Kier alpha value is -2.41. The number of halogens is 1. The summed E-state index contributed by atoms with van der Waals surface area (Å²) < 4.78 is 19.1. The zero-order valence-corrected chi connectivity index (χ0v) is 18.6. The van der Waals surface area contributed by atoms with Crippen molar-refractivity contribution in [1.29, 1.82) is 0 Å². The fourth-order valence-corrected chi connectivity index (χ4v) is 4.68. The van der Waals surface area contributed by atoms with E-state index in [0.29, 0.717) is 25.3 Å². The van der Waals surface area contributed by atoms with Gasteiger partial charge < -0.3 is 14.5 Å². The minimum atomic E-state index is -0.317. The molecule has 2 heterocycles. The summed E-state index contributed by atoms with van der Waals surface area (Å²) in [6, 6.07) is 7.70. The van der Waals surface area contributed by atoms with Crippen LogP contribution in [0.5, 0.6) is 5.75 Å². The molecule has 1 unspecified atom stereocenters. The molecule has 0 fully saturated rings. The van der Waals surface area contributed by atoms with Crippen molar-refractivity contribution in [3.8, 4) is 5.75 Å². The average molecular weight is 433 g/mol. The average Bonchev–Trinajstić information content (AvgIpc) is 3.20. The Bertz CT molecular complexity index is 866. The summed E-state index contributed by atoms with van der Waals surface area (Å²) in [4.78, 5) is 30.3. The first kappa shape index (κ1) is 22.3. The predicted molar refractivity (Wildman–Crippen MR) is 116 cm³/mol. The van der Waals surface area contributed by atoms with E-state index in [0.717, 1.165) is 12.0 Å². The van der Waals surface area contributed by atoms with Gasteiger partial charge in [-0.1, -0.05) is 20.8 Å². The number of rotatable bonds is 8. The van der Waals surface area contributed by atoms with E-state index in [4.69, 9.17) is 4.74 Å². The maximum Gasteiger partial charge on any atom is 0.242 e. The lowest BCUT2D eigenvalue weighted by molar-refractivity contribution is -0.143. The van der Waals surface area contributed by atoms with Gasteiger partial charge in [0.15, 0.2) is 0 Å². The Morgan fingerprint density at radius 2 is 2.00 bits per heavy atom. The van der Waals surface area contributed by atoms with E-state index in [1.807, 2.05) is 37.1 Å². The van der Waals surface area contributed by atoms with Crippen LogP contribution < -0.4 is 4.74 Å². The molecule has 0 saturated carbocycles. The SMILES string of the molecule is CCC(=O)N(CC(=O)N1CCc2sccc2C1COc1ccc(F)cc1)CC(C)C. The van der Waals surface area contributed by atoms with E-state index < -0.39 is 0 Å². The summed E-state index contributed by atoms with van der Waals surface area (Å²) in [7, 11) is 0. The maximum absolute atomic E-state index is 13.2. The molecule has 1 aliphatic rings. The fraction of sp³-hybridized carbons (Fsp3) is 0.478. The van der Waals surface area contributed by atoms with Gasteiger partial charge in [0.05, 0.1) is 12.6 Å². The van der Waals surface area contributed by atoms with Crippen LogP contribution in [0.3, 0.4) is 0 Å². The second kappa shape index (κ2) is 10.1. The number of hydrogen-bond donors (Lipinski definition) is 0. The lowest BCUT2D eigenvalue weighted by Crippen LogP contribution is -2.48. The topological polar surface area (TPSA) is 49.9 Å². The van der Waals surface area contributed by atoms with Gasteiger partial charge >= 0.3 is 0 Å². The molecular formula is C23H29FN2O3S. The predicted octanol–water partition coefficient (Wildman–Crippen LogP) is 4.29. The molecule has 0 spiro atoms. The minimum Gasteiger partial charge on any atom is -0.491 e. The first-order chi connectivity index (χ1) is 14.4. The number of thiophene rings is 1. The molecule has 1 aromatic heterocycles. The third kappa shape index (κ3) is 5.39. The summed E-state index contributed by atoms with van der Waals surface area (Å²) in [5, 5.41) is 2.04. The van der Waals surface area contributed by atoms with Gasteiger partial charge in [-0.05, 0) is 53.6 Å². The van der Waals surface area contributed by atoms with Crippen LogP contribution in [0.4, 0.5) is 4.39 Å². The molecule has 5 nitrogen and oxygen atoms in total. The normalized spacial score (nSPS) is 15.8. The smallest absolute Gasteiger partial charge is 0.242 e. The van der Waals surface area contributed by atoms with Gasteiger partial charge in [-0.25, -0.2) is 4.39 Å². The maximum atomic E-state index is 13.2. The van der Waals surface area contributed by atoms with Crippen LogP contribution >= 0.6 is 11.3 Å². The molecule has 7 heteroatoms. The van der Waals surface area contributed by atoms with E-state index in [1.54, 1.807) is 28.4 Å². The molecule has 1 atom stereocenters. The van der Waals surface area contributed by atoms with Crippen molar-refractivity contribution in [2.24, 2.45) is 5.92 Å². The highest BCUT2D eigenvalue weighted by Crippen LogP contribution is 2.34. The molecule has 1 aliphatic heterocycles. The first-order valence-electron chi connectivity index (χ1n) is 10.4. The first-order valence-corrected chi connectivity index (χ1v) is 11.3. The molecule has 2 amide bonds. The zero-order chi connectivity index (χ0) is 21.7. The minimum absolute atomic E-state index is 0.00982. The summed E-state index contributed by atoms with van der Waals surface area (Å²) in [5.41, 5.74) is 1.10. The molecule has 30 heavy (non-hydrogen) atoms. The summed E-state index contributed by atoms with van der Waals surface area (Å²) in [6.07, 6.45) is 1.18. The molecule has 0 aliphatic carbocycles. The van der Waals surface area contributed by atoms with Gasteiger partial charge in [0.2, 0.25) is 11.8 Å². The van der Waals surface area contributed by atoms with E-state index in [-0.39, 0.29) is 42.7 Å². The third-order valence-electron chi connectivity index (χ3n) is 5.20. The molecule has 3 rings (SSSR count). The van der Waals surface area contributed by atoms with Crippen LogP contribution in [0, 0.1) is 11.7 Å². The Morgan fingerprint density at radius 3 is 2.67 bits per heavy atom. The Morgan fingerprint density at radius 1 is 1.27 bits per heavy atom. The third-order valence-corrected chi connectivity index (χ3v) is 6.20. The standard InChI is InChI=1S/C23H29FN2O3S/c1-4-22(27)25(13-16(2)3)14-23(28)26-11-9-21-19(10-12-30-21)20(26)15-29-18-7-5-17(24)6-8-18/h5-8,10,12,16,20H,4,9,11,13-15H2,1-3H3. The van der Waals surface area contributed by atoms with Crippen LogP contribution in [-0.4, -0.2) is 47.9 Å². The van der Waals surface area contributed by atoms with Crippen molar-refractivity contribution in [2.45, 2.75) is 39.7 Å². The highest BCUT2D eigenvalue weighted by atomic mass is 32.1. The number of benzene rings is 1. The van der Waals surface area contributed by atoms with Crippen molar-refractivity contribution in [3.05, 3.63) is 52.0 Å². The molecule has 162 valence electrons. The highest BCUT2D eigenvalue weighted by Gasteiger charge is 2.33. The molecule has 0 saturated heterocycles. The van der Waals surface area contributed by atoms with Gasteiger partial charge in [-0.15, -0.1) is 11.3 Å². The molecular weight excluding hydrogens is 403 g/mol. The van der Waals surface area contributed by atoms with Crippen LogP contribution in [-0.2, 0) is 16.0 Å². The Labute approximate surface area is 181 Å². The van der Waals surface area contributed by atoms with Crippen LogP contribution in [0.2, 0.25) is 0 Å². The molecule has 0 N–H and O–H groups in total. The monoisotopic (exact) mass is 432 g/mol. The zero-order valence-electron chi connectivity index (χ0n) is 17.8. The second-order valence-corrected chi connectivity index (χ2v) is 8.94. The summed E-state index contributed by atoms with van der Waals surface area (Å²) in [6.45, 7) is 7.42. The highest BCUT2D eigenvalue weighted by molar-refractivity contribution is 7.10. The lowest BCUT2D eigenvalue weighted by Gasteiger charge is -2.37. The molecule has 0 bridgehead atoms. The van der Waals surface area contributed by atoms with E-state index in [1.165, 1.54) is 17.0 Å². The van der Waals surface area contributed by atoms with Gasteiger partial charge in [0.25, 0.3) is 0 Å². The molecule has 0 radical (unpaired) electrons. The number of carbonyl (C=O) groups is 2. The quantitative estimate of drug-likeness (QED) is 0.625. The van der Waals surface area contributed by atoms with Gasteiger partial charge in [0.1, 0.15) is 18.2 Å². The molecule has 2 aromatic rings. The Balaban J connectivity index is 1.76. The molecule has 1 aromatic carbocycles. The number of hydrogen-bond acceptors (Lipinski definition) is 4. The number of fused-ring (bicyclic) bond motifs is 1. The van der Waals surface area contributed by atoms with Crippen molar-refractivity contribution < 1.29 is 18.7 Å². The number of carbonyl (C=O) groups excluding carboxylic acids is 2. The van der Waals surface area contributed by atoms with Crippen molar-refractivity contribution >= 4 is 23.2 Å². The summed E-state index contributed by atoms with van der Waals surface area (Å²) >= 11 is 1.69. The van der Waals surface area contributed by atoms with E-state index in [2.05, 4.69) is 0 Å². The van der Waals surface area contributed by atoms with Crippen molar-refractivity contribution in [2.75, 3.05) is 26.2 Å². The number of nitrogens with zero attached hydrogens (tertiary/aromatic N) is 2. The van der Waals surface area contributed by atoms with E-state index in [9.17, 15) is 14.0 Å². The van der Waals surface area contributed by atoms with Crippen LogP contribution in [0.15, 0.2) is 35.7 Å². The van der Waals surface area contributed by atoms with Gasteiger partial charge in [0, 0.05) is 24.4 Å². The second-order valence-electron chi connectivity index (χ2n) is 7.94. The largest absolute Gasteiger partial charge is 0.491 e. The lowest BCUT2D eigenvalue weighted by atomic mass is 10.0. The van der Waals surface area contributed by atoms with E-state index >= 15 is 0 Å². The summed E-state index contributed by atoms with van der Waals surface area (Å²) in [5.74, 6) is 0.457. The number of amides is 2. The Kier molecular flexibility index (Phi) is 7.48. The fourth-order valence-electron chi connectivity index (χ4n) is 3.75. The van der Waals surface area contributed by atoms with Gasteiger partial charge in [-0.2, -0.15) is 0 Å². The van der Waals surface area contributed by atoms with Gasteiger partial charge in [-0.3, -0.25) is 9.59 Å². The van der Waals surface area contributed by atoms with Crippen molar-refractivity contribution in [1.82, 2.24) is 9.80 Å². The van der Waals surface area contributed by atoms with Crippen molar-refractivity contribution in [3.63, 3.8) is 0 Å². The number of ether oxygens (including phenoxy) is 1. The van der Waals surface area contributed by atoms with Crippen LogP contribution in [0.25, 0.3) is 0 Å². The van der Waals surface area contributed by atoms with Crippen LogP contribution in [0.1, 0.15) is 43.7 Å².